The van der Waals surface area contributed by atoms with E-state index in [9.17, 15) is 14.2 Å². The molecule has 0 aromatic heterocycles. The lowest BCUT2D eigenvalue weighted by Gasteiger charge is -2.29. The molecule has 0 radical (unpaired) electrons. The summed E-state index contributed by atoms with van der Waals surface area (Å²) in [4.78, 5) is 26.9. The Morgan fingerprint density at radius 2 is 1.66 bits per heavy atom. The Morgan fingerprint density at radius 3 is 2.31 bits per heavy atom. The number of rotatable bonds is 8. The third kappa shape index (κ3) is 6.08. The quantitative estimate of drug-likeness (QED) is 0.434. The second-order valence-electron chi connectivity index (χ2n) is 9.04. The van der Waals surface area contributed by atoms with Crippen molar-refractivity contribution in [2.75, 3.05) is 18.5 Å². The van der Waals surface area contributed by atoms with E-state index in [1.54, 1.807) is 38.1 Å². The maximum Gasteiger partial charge on any atom is 0.361 e. The first-order chi connectivity index (χ1) is 16.9. The van der Waals surface area contributed by atoms with Crippen LogP contribution < -0.4 is 10.6 Å². The molecule has 1 aliphatic carbocycles. The van der Waals surface area contributed by atoms with E-state index < -0.39 is 7.60 Å². The first-order valence-corrected chi connectivity index (χ1v) is 15.0. The van der Waals surface area contributed by atoms with Crippen LogP contribution in [0.4, 0.5) is 5.69 Å². The van der Waals surface area contributed by atoms with Crippen LogP contribution in [0.5, 0.6) is 0 Å². The second kappa shape index (κ2) is 11.9. The summed E-state index contributed by atoms with van der Waals surface area (Å²) in [5.74, 6) is 0.360. The van der Waals surface area contributed by atoms with E-state index >= 15 is 0 Å². The average Bonchev–Trinajstić information content (AvgIpc) is 3.02. The molecular formula is C27H34NO5PS. The van der Waals surface area contributed by atoms with Crippen molar-refractivity contribution in [2.45, 2.75) is 62.9 Å². The number of benzene rings is 2. The number of anilines is 1. The SMILES string of the molecule is CCOP(=O)(OCC)c1ccc(NC(=O)C2Cc3ccccc3C(=O)C(C3CCCCC3)S2)cc1. The topological polar surface area (TPSA) is 81.7 Å². The molecule has 0 spiro atoms. The predicted molar refractivity (Wildman–Crippen MR) is 142 cm³/mol. The molecule has 2 aromatic rings. The summed E-state index contributed by atoms with van der Waals surface area (Å²) in [7, 11) is -3.38. The molecule has 1 fully saturated rings. The van der Waals surface area contributed by atoms with Gasteiger partial charge in [0.2, 0.25) is 5.91 Å². The number of carbonyl (C=O) groups excluding carboxylic acids is 2. The zero-order chi connectivity index (χ0) is 24.8. The molecule has 1 amide bonds. The number of hydrogen-bond donors (Lipinski definition) is 1. The van der Waals surface area contributed by atoms with Crippen LogP contribution in [0.15, 0.2) is 48.5 Å². The Hall–Kier alpha value is -1.92. The lowest BCUT2D eigenvalue weighted by molar-refractivity contribution is -0.115. The summed E-state index contributed by atoms with van der Waals surface area (Å²) in [5.41, 5.74) is 2.31. The Labute approximate surface area is 212 Å². The summed E-state index contributed by atoms with van der Waals surface area (Å²) in [6, 6.07) is 14.5. The highest BCUT2D eigenvalue weighted by Gasteiger charge is 2.38. The lowest BCUT2D eigenvalue weighted by atomic mass is 9.83. The molecule has 6 nitrogen and oxygen atoms in total. The van der Waals surface area contributed by atoms with Gasteiger partial charge in [0.1, 0.15) is 0 Å². The van der Waals surface area contributed by atoms with Crippen LogP contribution in [-0.4, -0.2) is 35.4 Å². The van der Waals surface area contributed by atoms with E-state index in [0.717, 1.165) is 36.8 Å². The van der Waals surface area contributed by atoms with Crippen LogP contribution in [0.3, 0.4) is 0 Å². The molecule has 188 valence electrons. The minimum atomic E-state index is -3.38. The Balaban J connectivity index is 1.53. The number of ketones is 1. The molecule has 4 rings (SSSR count). The van der Waals surface area contributed by atoms with Gasteiger partial charge in [-0.2, -0.15) is 0 Å². The summed E-state index contributed by atoms with van der Waals surface area (Å²) >= 11 is 1.53. The van der Waals surface area contributed by atoms with Crippen LogP contribution >= 0.6 is 19.4 Å². The number of nitrogens with one attached hydrogen (secondary N) is 1. The van der Waals surface area contributed by atoms with E-state index in [4.69, 9.17) is 9.05 Å². The maximum absolute atomic E-state index is 13.5. The van der Waals surface area contributed by atoms with E-state index in [1.165, 1.54) is 18.2 Å². The molecule has 1 N–H and O–H groups in total. The van der Waals surface area contributed by atoms with Crippen LogP contribution in [0.25, 0.3) is 0 Å². The van der Waals surface area contributed by atoms with Crippen molar-refractivity contribution in [1.82, 2.24) is 0 Å². The van der Waals surface area contributed by atoms with Gasteiger partial charge >= 0.3 is 7.60 Å². The molecule has 2 unspecified atom stereocenters. The number of amides is 1. The van der Waals surface area contributed by atoms with Crippen LogP contribution in [0, 0.1) is 5.92 Å². The van der Waals surface area contributed by atoms with Crippen molar-refractivity contribution in [1.29, 1.82) is 0 Å². The van der Waals surface area contributed by atoms with Crippen LogP contribution in [0.1, 0.15) is 61.9 Å². The van der Waals surface area contributed by atoms with Gasteiger partial charge < -0.3 is 14.4 Å². The zero-order valence-corrected chi connectivity index (χ0v) is 22.1. The first-order valence-electron chi connectivity index (χ1n) is 12.5. The molecule has 8 heteroatoms. The van der Waals surface area contributed by atoms with Crippen molar-refractivity contribution in [3.8, 4) is 0 Å². The summed E-state index contributed by atoms with van der Waals surface area (Å²) in [6.07, 6.45) is 6.12. The summed E-state index contributed by atoms with van der Waals surface area (Å²) < 4.78 is 23.8. The summed E-state index contributed by atoms with van der Waals surface area (Å²) in [6.45, 7) is 4.09. The number of fused-ring (bicyclic) bond motifs is 1. The minimum Gasteiger partial charge on any atom is -0.325 e. The fourth-order valence-corrected chi connectivity index (χ4v) is 8.10. The Bertz CT molecular complexity index is 1070. The zero-order valence-electron chi connectivity index (χ0n) is 20.4. The highest BCUT2D eigenvalue weighted by molar-refractivity contribution is 8.02. The highest BCUT2D eigenvalue weighted by Crippen LogP contribution is 2.47. The maximum atomic E-state index is 13.5. The third-order valence-corrected chi connectivity index (χ3v) is 10.4. The fraction of sp³-hybridized carbons (Fsp3) is 0.481. The molecule has 0 saturated heterocycles. The second-order valence-corrected chi connectivity index (χ2v) is 12.4. The third-order valence-electron chi connectivity index (χ3n) is 6.68. The number of thioether (sulfide) groups is 1. The first kappa shape index (κ1) is 26.2. The van der Waals surface area contributed by atoms with Crippen molar-refractivity contribution < 1.29 is 23.2 Å². The molecule has 2 aliphatic rings. The van der Waals surface area contributed by atoms with Crippen molar-refractivity contribution in [3.05, 3.63) is 59.7 Å². The van der Waals surface area contributed by atoms with Gasteiger partial charge in [0.15, 0.2) is 5.78 Å². The number of hydrogen-bond acceptors (Lipinski definition) is 6. The van der Waals surface area contributed by atoms with E-state index in [1.807, 2.05) is 24.3 Å². The molecule has 2 aromatic carbocycles. The van der Waals surface area contributed by atoms with Gasteiger partial charge in [-0.15, -0.1) is 11.8 Å². The average molecular weight is 516 g/mol. The van der Waals surface area contributed by atoms with Crippen molar-refractivity contribution in [3.63, 3.8) is 0 Å². The van der Waals surface area contributed by atoms with Gasteiger partial charge in [0.05, 0.1) is 29.0 Å². The van der Waals surface area contributed by atoms with E-state index in [2.05, 4.69) is 5.32 Å². The highest BCUT2D eigenvalue weighted by atomic mass is 32.2. The van der Waals surface area contributed by atoms with Gasteiger partial charge in [-0.1, -0.05) is 43.5 Å². The Kier molecular flexibility index (Phi) is 8.87. The largest absolute Gasteiger partial charge is 0.361 e. The van der Waals surface area contributed by atoms with E-state index in [-0.39, 0.29) is 35.4 Å². The van der Waals surface area contributed by atoms with Gasteiger partial charge in [0.25, 0.3) is 0 Å². The smallest absolute Gasteiger partial charge is 0.325 e. The summed E-state index contributed by atoms with van der Waals surface area (Å²) in [5, 5.41) is 2.90. The minimum absolute atomic E-state index is 0.120. The number of Topliss-reactive ketones (excluding diaryl/α,β-unsaturated/α-hetero) is 1. The van der Waals surface area contributed by atoms with Crippen molar-refractivity contribution >= 4 is 42.0 Å². The lowest BCUT2D eigenvalue weighted by Crippen LogP contribution is -2.33. The molecule has 2 atom stereocenters. The monoisotopic (exact) mass is 515 g/mol. The Morgan fingerprint density at radius 1 is 1.00 bits per heavy atom. The normalized spacial score (nSPS) is 21.3. The van der Waals surface area contributed by atoms with Gasteiger partial charge in [0, 0.05) is 11.3 Å². The fourth-order valence-electron chi connectivity index (χ4n) is 4.97. The molecule has 1 aliphatic heterocycles. The van der Waals surface area contributed by atoms with Gasteiger partial charge in [-0.25, -0.2) is 0 Å². The molecular weight excluding hydrogens is 481 g/mol. The predicted octanol–water partition coefficient (Wildman–Crippen LogP) is 6.01. The van der Waals surface area contributed by atoms with Gasteiger partial charge in [-0.05, 0) is 68.9 Å². The molecule has 35 heavy (non-hydrogen) atoms. The molecule has 1 saturated carbocycles. The molecule has 1 heterocycles. The van der Waals surface area contributed by atoms with Crippen LogP contribution in [0.2, 0.25) is 0 Å². The number of carbonyl (C=O) groups is 2. The van der Waals surface area contributed by atoms with Gasteiger partial charge in [-0.3, -0.25) is 14.2 Å². The van der Waals surface area contributed by atoms with E-state index in [0.29, 0.717) is 23.3 Å². The standard InChI is InChI=1S/C27H34NO5PS/c1-3-32-34(31,33-4-2)22-16-14-21(15-17-22)28-27(30)24-18-20-12-8-9-13-23(20)25(29)26(35-24)19-10-6-5-7-11-19/h8-9,12-17,19,24,26H,3-7,10-11,18H2,1-2H3,(H,28,30). The molecule has 0 bridgehead atoms. The van der Waals surface area contributed by atoms with Crippen molar-refractivity contribution in [2.24, 2.45) is 5.92 Å². The van der Waals surface area contributed by atoms with Crippen LogP contribution in [-0.2, 0) is 24.8 Å².